The number of nitrogens with two attached hydrogens (primary N) is 1. The lowest BCUT2D eigenvalue weighted by Crippen LogP contribution is -2.35. The van der Waals surface area contributed by atoms with E-state index in [1.54, 1.807) is 0 Å². The van der Waals surface area contributed by atoms with Gasteiger partial charge in [-0.15, -0.1) is 17.5 Å². The molecule has 2 atom stereocenters. The molecule has 6 nitrogen and oxygen atoms in total. The van der Waals surface area contributed by atoms with Gasteiger partial charge in [0.25, 0.3) is 0 Å². The number of anilines is 1. The average Bonchev–Trinajstić information content (AvgIpc) is 2.75. The van der Waals surface area contributed by atoms with E-state index in [1.807, 2.05) is 0 Å². The molecule has 0 amide bonds. The Labute approximate surface area is 93.0 Å². The Kier molecular flexibility index (Phi) is 2.57. The van der Waals surface area contributed by atoms with Gasteiger partial charge in [0.05, 0.1) is 18.6 Å². The average molecular weight is 233 g/mol. The number of halogens is 1. The van der Waals surface area contributed by atoms with E-state index >= 15 is 0 Å². The van der Waals surface area contributed by atoms with Gasteiger partial charge in [0.2, 0.25) is 5.89 Å². The number of nitrogens with one attached hydrogen (secondary N) is 1. The minimum atomic E-state index is -0.134. The summed E-state index contributed by atoms with van der Waals surface area (Å²) in [5, 5.41) is 11.0. The first kappa shape index (κ1) is 10.7. The van der Waals surface area contributed by atoms with E-state index in [4.69, 9.17) is 14.9 Å². The third kappa shape index (κ3) is 1.40. The molecule has 1 aromatic rings. The van der Waals surface area contributed by atoms with Crippen LogP contribution in [-0.2, 0) is 10.2 Å². The van der Waals surface area contributed by atoms with Crippen LogP contribution in [0.15, 0.2) is 4.42 Å². The second-order valence-electron chi connectivity index (χ2n) is 3.94. The third-order valence-electron chi connectivity index (χ3n) is 3.16. The number of fused-ring (bicyclic) bond motifs is 1. The van der Waals surface area contributed by atoms with Crippen molar-refractivity contribution < 1.29 is 9.15 Å². The molecule has 3 N–H and O–H groups in total. The van der Waals surface area contributed by atoms with Crippen LogP contribution in [0.5, 0.6) is 0 Å². The molecular formula is C8H13ClN4O2. The quantitative estimate of drug-likeness (QED) is 0.683. The van der Waals surface area contributed by atoms with Crippen molar-refractivity contribution in [3.63, 3.8) is 0 Å². The molecule has 0 aliphatic carbocycles. The topological polar surface area (TPSA) is 86.2 Å². The maximum Gasteiger partial charge on any atom is 0.312 e. The fourth-order valence-corrected chi connectivity index (χ4v) is 2.33. The monoisotopic (exact) mass is 232 g/mol. The Morgan fingerprint density at radius 2 is 2.33 bits per heavy atom. The number of hydrogen-bond donors (Lipinski definition) is 2. The highest BCUT2D eigenvalue weighted by molar-refractivity contribution is 5.85. The van der Waals surface area contributed by atoms with Gasteiger partial charge in [-0.05, 0) is 0 Å². The molecule has 0 saturated carbocycles. The zero-order valence-corrected chi connectivity index (χ0v) is 8.92. The Balaban J connectivity index is 0.000000853. The highest BCUT2D eigenvalue weighted by atomic mass is 35.5. The standard InChI is InChI=1S/C8H12N4O2.ClH/c9-7-12-11-6(14-7)8-3-10-1-5(8)2-13-4-8;/h5,10H,1-4H2,(H2,9,12);1H. The van der Waals surface area contributed by atoms with Gasteiger partial charge in [-0.1, -0.05) is 5.10 Å². The molecule has 1 aromatic heterocycles. The fraction of sp³-hybridized carbons (Fsp3) is 0.750. The zero-order valence-electron chi connectivity index (χ0n) is 8.10. The smallest absolute Gasteiger partial charge is 0.312 e. The van der Waals surface area contributed by atoms with E-state index in [0.29, 0.717) is 18.4 Å². The molecule has 3 rings (SSSR count). The molecule has 0 aromatic carbocycles. The molecule has 2 saturated heterocycles. The first-order valence-electron chi connectivity index (χ1n) is 4.69. The van der Waals surface area contributed by atoms with Crippen LogP contribution in [0, 0.1) is 5.92 Å². The number of nitrogen functional groups attached to an aromatic ring is 1. The van der Waals surface area contributed by atoms with E-state index in [0.717, 1.165) is 19.7 Å². The summed E-state index contributed by atoms with van der Waals surface area (Å²) in [5.41, 5.74) is 5.29. The summed E-state index contributed by atoms with van der Waals surface area (Å²) in [5.74, 6) is 1.05. The van der Waals surface area contributed by atoms with Crippen molar-refractivity contribution in [3.05, 3.63) is 5.89 Å². The molecule has 0 spiro atoms. The molecule has 2 aliphatic heterocycles. The molecule has 0 radical (unpaired) electrons. The molecule has 2 aliphatic rings. The molecule has 7 heteroatoms. The van der Waals surface area contributed by atoms with Gasteiger partial charge in [0, 0.05) is 19.0 Å². The minimum absolute atomic E-state index is 0. The van der Waals surface area contributed by atoms with Gasteiger partial charge in [-0.3, -0.25) is 0 Å². The van der Waals surface area contributed by atoms with Crippen molar-refractivity contribution in [2.75, 3.05) is 32.0 Å². The van der Waals surface area contributed by atoms with Crippen LogP contribution < -0.4 is 11.1 Å². The van der Waals surface area contributed by atoms with Crippen molar-refractivity contribution in [1.82, 2.24) is 15.5 Å². The van der Waals surface area contributed by atoms with Crippen molar-refractivity contribution >= 4 is 18.4 Å². The number of hydrogen-bond acceptors (Lipinski definition) is 6. The molecule has 2 fully saturated rings. The summed E-state index contributed by atoms with van der Waals surface area (Å²) in [4.78, 5) is 0. The second kappa shape index (κ2) is 3.62. The van der Waals surface area contributed by atoms with Crippen LogP contribution in [0.25, 0.3) is 0 Å². The van der Waals surface area contributed by atoms with Gasteiger partial charge >= 0.3 is 6.01 Å². The van der Waals surface area contributed by atoms with Gasteiger partial charge in [-0.2, -0.15) is 0 Å². The van der Waals surface area contributed by atoms with Gasteiger partial charge < -0.3 is 20.2 Å². The van der Waals surface area contributed by atoms with Crippen LogP contribution in [-0.4, -0.2) is 36.5 Å². The summed E-state index contributed by atoms with van der Waals surface area (Å²) >= 11 is 0. The predicted octanol–water partition coefficient (Wildman–Crippen LogP) is -0.439. The second-order valence-corrected chi connectivity index (χ2v) is 3.94. The first-order valence-corrected chi connectivity index (χ1v) is 4.69. The lowest BCUT2D eigenvalue weighted by atomic mass is 9.81. The summed E-state index contributed by atoms with van der Waals surface area (Å²) in [7, 11) is 0. The molecule has 15 heavy (non-hydrogen) atoms. The summed E-state index contributed by atoms with van der Waals surface area (Å²) in [6, 6.07) is 0.131. The molecule has 3 heterocycles. The molecule has 84 valence electrons. The van der Waals surface area contributed by atoms with Crippen molar-refractivity contribution in [2.24, 2.45) is 5.92 Å². The van der Waals surface area contributed by atoms with Gasteiger partial charge in [-0.25, -0.2) is 0 Å². The van der Waals surface area contributed by atoms with Crippen LogP contribution >= 0.6 is 12.4 Å². The number of nitrogens with zero attached hydrogens (tertiary/aromatic N) is 2. The van der Waals surface area contributed by atoms with E-state index in [-0.39, 0.29) is 23.8 Å². The van der Waals surface area contributed by atoms with Gasteiger partial charge in [0.15, 0.2) is 0 Å². The summed E-state index contributed by atoms with van der Waals surface area (Å²) in [6.45, 7) is 3.18. The predicted molar refractivity (Wildman–Crippen MR) is 54.8 cm³/mol. The third-order valence-corrected chi connectivity index (χ3v) is 3.16. The summed E-state index contributed by atoms with van der Waals surface area (Å²) < 4.78 is 10.8. The first-order chi connectivity index (χ1) is 6.81. The van der Waals surface area contributed by atoms with Crippen LogP contribution in [0.3, 0.4) is 0 Å². The van der Waals surface area contributed by atoms with Crippen molar-refractivity contribution in [2.45, 2.75) is 5.41 Å². The highest BCUT2D eigenvalue weighted by Crippen LogP contribution is 2.39. The normalized spacial score (nSPS) is 33.7. The molecular weight excluding hydrogens is 220 g/mol. The zero-order chi connectivity index (χ0) is 9.60. The maximum atomic E-state index is 5.47. The van der Waals surface area contributed by atoms with Crippen LogP contribution in [0.2, 0.25) is 0 Å². The van der Waals surface area contributed by atoms with Crippen LogP contribution in [0.1, 0.15) is 5.89 Å². The number of aromatic nitrogens is 2. The Morgan fingerprint density at radius 1 is 1.47 bits per heavy atom. The minimum Gasteiger partial charge on any atom is -0.408 e. The maximum absolute atomic E-state index is 5.47. The lowest BCUT2D eigenvalue weighted by Gasteiger charge is -2.20. The molecule has 2 unspecified atom stereocenters. The highest BCUT2D eigenvalue weighted by Gasteiger charge is 2.52. The van der Waals surface area contributed by atoms with E-state index in [2.05, 4.69) is 15.5 Å². The molecule has 0 bridgehead atoms. The van der Waals surface area contributed by atoms with E-state index < -0.39 is 0 Å². The lowest BCUT2D eigenvalue weighted by molar-refractivity contribution is 0.164. The van der Waals surface area contributed by atoms with E-state index in [9.17, 15) is 0 Å². The largest absolute Gasteiger partial charge is 0.408 e. The Bertz CT molecular complexity index is 346. The van der Waals surface area contributed by atoms with Crippen molar-refractivity contribution in [3.8, 4) is 0 Å². The fourth-order valence-electron chi connectivity index (χ4n) is 2.33. The van der Waals surface area contributed by atoms with Crippen LogP contribution in [0.4, 0.5) is 6.01 Å². The Hall–Kier alpha value is -0.850. The van der Waals surface area contributed by atoms with Gasteiger partial charge in [0.1, 0.15) is 0 Å². The number of rotatable bonds is 1. The summed E-state index contributed by atoms with van der Waals surface area (Å²) in [6.07, 6.45) is 0. The number of ether oxygens (including phenoxy) is 1. The van der Waals surface area contributed by atoms with Crippen molar-refractivity contribution in [1.29, 1.82) is 0 Å². The SMILES string of the molecule is Cl.Nc1nnc(C23CNCC2COC3)o1. The Morgan fingerprint density at radius 3 is 3.07 bits per heavy atom. The van der Waals surface area contributed by atoms with E-state index in [1.165, 1.54) is 0 Å².